The monoisotopic (exact) mass is 485 g/mol. The quantitative estimate of drug-likeness (QED) is 0.639. The molecule has 1 N–H and O–H groups in total. The molecule has 1 aromatic carbocycles. The van der Waals surface area contributed by atoms with Gasteiger partial charge in [0.05, 0.1) is 58.1 Å². The van der Waals surface area contributed by atoms with Crippen LogP contribution in [0.2, 0.25) is 0 Å². The second-order valence-electron chi connectivity index (χ2n) is 8.90. The van der Waals surface area contributed by atoms with Crippen molar-refractivity contribution >= 4 is 33.4 Å². The normalized spacial score (nSPS) is 33.2. The second kappa shape index (κ2) is 6.77. The van der Waals surface area contributed by atoms with Crippen LogP contribution in [0.1, 0.15) is 31.4 Å². The van der Waals surface area contributed by atoms with Crippen molar-refractivity contribution in [1.29, 1.82) is 5.26 Å². The molecule has 3 saturated heterocycles. The third-order valence-corrected chi connectivity index (χ3v) is 7.20. The van der Waals surface area contributed by atoms with Crippen molar-refractivity contribution in [3.05, 3.63) is 29.3 Å². The lowest BCUT2D eigenvalue weighted by Gasteiger charge is -2.34. The summed E-state index contributed by atoms with van der Waals surface area (Å²) in [6.07, 6.45) is -4.15. The zero-order valence-corrected chi connectivity index (χ0v) is 18.4. The molecule has 1 aromatic rings. The number of alkyl halides is 3. The van der Waals surface area contributed by atoms with Crippen LogP contribution in [0.3, 0.4) is 0 Å². The van der Waals surface area contributed by atoms with Gasteiger partial charge in [-0.05, 0) is 38.5 Å². The Hall–Kier alpha value is -2.98. The van der Waals surface area contributed by atoms with Gasteiger partial charge >= 0.3 is 6.18 Å². The number of nitrogens with zero attached hydrogens (tertiary/aromatic N) is 2. The number of sulfonamides is 1. The predicted molar refractivity (Wildman–Crippen MR) is 105 cm³/mol. The number of anilines is 1. The number of benzene rings is 1. The number of ether oxygens (including phenoxy) is 1. The Morgan fingerprint density at radius 2 is 1.85 bits per heavy atom. The first-order valence-corrected chi connectivity index (χ1v) is 11.6. The van der Waals surface area contributed by atoms with E-state index in [9.17, 15) is 36.0 Å². The van der Waals surface area contributed by atoms with Crippen LogP contribution in [0.25, 0.3) is 0 Å². The molecule has 176 valence electrons. The number of imide groups is 1. The van der Waals surface area contributed by atoms with Crippen molar-refractivity contribution in [3.63, 3.8) is 0 Å². The first kappa shape index (κ1) is 23.2. The number of carbonyl (C=O) groups is 3. The van der Waals surface area contributed by atoms with Gasteiger partial charge in [-0.1, -0.05) is 0 Å². The Balaban J connectivity index is 1.76. The second-order valence-corrected chi connectivity index (χ2v) is 10.6. The molecule has 3 heterocycles. The van der Waals surface area contributed by atoms with Crippen molar-refractivity contribution in [1.82, 2.24) is 4.72 Å². The minimum Gasteiger partial charge on any atom is -0.367 e. The summed E-state index contributed by atoms with van der Waals surface area (Å²) < 4.78 is 71.1. The molecule has 5 atom stereocenters. The maximum atomic E-state index is 13.4. The summed E-state index contributed by atoms with van der Waals surface area (Å²) in [5.74, 6) is -5.88. The molecule has 0 aliphatic carbocycles. The molecule has 2 unspecified atom stereocenters. The molecule has 0 aromatic heterocycles. The van der Waals surface area contributed by atoms with Gasteiger partial charge in [0.2, 0.25) is 27.7 Å². The maximum absolute atomic E-state index is 13.4. The summed E-state index contributed by atoms with van der Waals surface area (Å²) in [4.78, 5) is 39.8. The Labute approximate surface area is 186 Å². The van der Waals surface area contributed by atoms with E-state index in [0.29, 0.717) is 11.0 Å². The summed E-state index contributed by atoms with van der Waals surface area (Å²) in [6, 6.07) is 3.95. The van der Waals surface area contributed by atoms with Crippen molar-refractivity contribution in [2.24, 2.45) is 17.8 Å². The smallest absolute Gasteiger partial charge is 0.367 e. The van der Waals surface area contributed by atoms with E-state index in [-0.39, 0.29) is 12.1 Å². The van der Waals surface area contributed by atoms with Crippen LogP contribution in [0, 0.1) is 29.1 Å². The van der Waals surface area contributed by atoms with Gasteiger partial charge in [-0.25, -0.2) is 13.3 Å². The first-order valence-electron chi connectivity index (χ1n) is 9.74. The molecule has 0 spiro atoms. The van der Waals surface area contributed by atoms with E-state index in [1.165, 1.54) is 19.9 Å². The Morgan fingerprint density at radius 1 is 1.24 bits per heavy atom. The highest BCUT2D eigenvalue weighted by Gasteiger charge is 2.76. The number of rotatable bonds is 3. The van der Waals surface area contributed by atoms with Crippen LogP contribution < -0.4 is 9.62 Å². The highest BCUT2D eigenvalue weighted by atomic mass is 32.2. The number of amides is 3. The summed E-state index contributed by atoms with van der Waals surface area (Å²) in [6.45, 7) is 2.93. The van der Waals surface area contributed by atoms with Crippen molar-refractivity contribution in [3.8, 4) is 6.07 Å². The first-order chi connectivity index (χ1) is 15.0. The Bertz CT molecular complexity index is 1260. The van der Waals surface area contributed by atoms with E-state index in [4.69, 9.17) is 10.00 Å². The van der Waals surface area contributed by atoms with Crippen molar-refractivity contribution < 1.29 is 40.7 Å². The van der Waals surface area contributed by atoms with E-state index in [1.807, 2.05) is 4.72 Å². The Kier molecular flexibility index (Phi) is 4.76. The number of hydrogen-bond donors (Lipinski definition) is 1. The van der Waals surface area contributed by atoms with Crippen LogP contribution in [0.4, 0.5) is 18.9 Å². The number of carbonyl (C=O) groups excluding carboxylic acids is 3. The molecular weight excluding hydrogens is 467 g/mol. The molecular formula is C20H18F3N3O6S. The van der Waals surface area contributed by atoms with E-state index in [1.54, 1.807) is 0 Å². The van der Waals surface area contributed by atoms with Gasteiger partial charge in [-0.3, -0.25) is 19.1 Å². The molecule has 9 nitrogen and oxygen atoms in total. The molecule has 13 heteroatoms. The zero-order valence-electron chi connectivity index (χ0n) is 17.6. The number of nitrogens with one attached hydrogen (secondary N) is 1. The standard InChI is InChI=1S/C20H18F3N3O6S/c1-18-7-12(15(27)25-33(3,30)31)19(2,32-18)14-13(18)16(28)26(17(14)29)10-5-4-9(8-24)11(6-10)20(21,22)23/h4-6,12-14H,7H2,1-3H3,(H,25,27)/t12-,13+,14-,18?,19?/m0/s1. The third kappa shape index (κ3) is 3.31. The number of halogens is 3. The van der Waals surface area contributed by atoms with E-state index in [0.717, 1.165) is 18.4 Å². The van der Waals surface area contributed by atoms with Crippen LogP contribution in [-0.4, -0.2) is 43.6 Å². The average Bonchev–Trinajstić information content (AvgIpc) is 3.20. The molecule has 3 fully saturated rings. The molecule has 2 bridgehead atoms. The van der Waals surface area contributed by atoms with Gasteiger partial charge in [0.1, 0.15) is 0 Å². The Morgan fingerprint density at radius 3 is 2.39 bits per heavy atom. The minimum atomic E-state index is -4.89. The van der Waals surface area contributed by atoms with Crippen LogP contribution in [0.5, 0.6) is 0 Å². The fourth-order valence-electron chi connectivity index (χ4n) is 5.42. The van der Waals surface area contributed by atoms with Crippen LogP contribution in [0.15, 0.2) is 18.2 Å². The van der Waals surface area contributed by atoms with Crippen LogP contribution in [-0.2, 0) is 35.3 Å². The SMILES string of the molecule is CC12C[C@@H](C(=O)NS(C)(=O)=O)C(C)(O1)[C@@H]1C(=O)N(c3ccc(C#N)c(C(F)(F)F)c3)C(=O)[C@@H]12. The van der Waals surface area contributed by atoms with Gasteiger partial charge in [-0.2, -0.15) is 18.4 Å². The zero-order chi connectivity index (χ0) is 24.7. The lowest BCUT2D eigenvalue weighted by Crippen LogP contribution is -2.52. The van der Waals surface area contributed by atoms with Crippen molar-refractivity contribution in [2.75, 3.05) is 11.2 Å². The van der Waals surface area contributed by atoms with E-state index in [2.05, 4.69) is 0 Å². The van der Waals surface area contributed by atoms with Gasteiger partial charge < -0.3 is 4.74 Å². The fraction of sp³-hybridized carbons (Fsp3) is 0.500. The summed E-state index contributed by atoms with van der Waals surface area (Å²) in [5, 5.41) is 8.99. The molecule has 3 amide bonds. The third-order valence-electron chi connectivity index (χ3n) is 6.63. The highest BCUT2D eigenvalue weighted by Crippen LogP contribution is 2.63. The lowest BCUT2D eigenvalue weighted by atomic mass is 9.63. The lowest BCUT2D eigenvalue weighted by molar-refractivity contribution is -0.138. The minimum absolute atomic E-state index is 0.0555. The largest absolute Gasteiger partial charge is 0.417 e. The molecule has 4 rings (SSSR count). The highest BCUT2D eigenvalue weighted by molar-refractivity contribution is 7.89. The summed E-state index contributed by atoms with van der Waals surface area (Å²) in [7, 11) is -3.90. The molecule has 33 heavy (non-hydrogen) atoms. The maximum Gasteiger partial charge on any atom is 0.417 e. The fourth-order valence-corrected chi connectivity index (χ4v) is 5.93. The summed E-state index contributed by atoms with van der Waals surface area (Å²) in [5.41, 5.74) is -5.16. The van der Waals surface area contributed by atoms with Crippen molar-refractivity contribution in [2.45, 2.75) is 37.6 Å². The molecule has 3 aliphatic rings. The molecule has 0 radical (unpaired) electrons. The van der Waals surface area contributed by atoms with Gasteiger partial charge in [0.25, 0.3) is 0 Å². The van der Waals surface area contributed by atoms with Gasteiger partial charge in [0, 0.05) is 0 Å². The number of fused-ring (bicyclic) bond motifs is 5. The predicted octanol–water partition coefficient (Wildman–Crippen LogP) is 1.33. The molecule has 0 saturated carbocycles. The van der Waals surface area contributed by atoms with E-state index < -0.39 is 74.0 Å². The van der Waals surface area contributed by atoms with E-state index >= 15 is 0 Å². The molecule has 3 aliphatic heterocycles. The average molecular weight is 485 g/mol. The topological polar surface area (TPSA) is 134 Å². The number of hydrogen-bond acceptors (Lipinski definition) is 7. The summed E-state index contributed by atoms with van der Waals surface area (Å²) >= 11 is 0. The number of nitriles is 1. The van der Waals surface area contributed by atoms with Gasteiger partial charge in [0.15, 0.2) is 0 Å². The van der Waals surface area contributed by atoms with Crippen LogP contribution >= 0.6 is 0 Å². The van der Waals surface area contributed by atoms with Gasteiger partial charge in [-0.15, -0.1) is 0 Å².